The van der Waals surface area contributed by atoms with Gasteiger partial charge in [-0.25, -0.2) is 4.79 Å². The van der Waals surface area contributed by atoms with Gasteiger partial charge in [0.25, 0.3) is 0 Å². The Morgan fingerprint density at radius 3 is 2.38 bits per heavy atom. The maximum absolute atomic E-state index is 12.4. The zero-order valence-electron chi connectivity index (χ0n) is 13.5. The number of para-hydroxylation sites is 1. The fourth-order valence-electron chi connectivity index (χ4n) is 2.15. The van der Waals surface area contributed by atoms with Gasteiger partial charge in [-0.1, -0.05) is 38.0 Å². The van der Waals surface area contributed by atoms with Crippen LogP contribution in [0, 0.1) is 0 Å². The van der Waals surface area contributed by atoms with Crippen LogP contribution in [-0.2, 0) is 4.79 Å². The molecule has 0 bridgehead atoms. The standard InChI is InChI=1S/C18H13NO5S2/c1-11(20)23-15-5-3-2-4-14(15)18(21)24-13-8-6-12(7-9-13)16-10-17(19-22)26-25-16/h2-10,22H,1H3/b19-17+. The summed E-state index contributed by atoms with van der Waals surface area (Å²) in [5.74, 6) is -0.611. The quantitative estimate of drug-likeness (QED) is 0.241. The summed E-state index contributed by atoms with van der Waals surface area (Å²) >= 11 is 0. The van der Waals surface area contributed by atoms with Crippen LogP contribution in [-0.4, -0.2) is 17.1 Å². The van der Waals surface area contributed by atoms with Gasteiger partial charge < -0.3 is 14.7 Å². The third kappa shape index (κ3) is 4.16. The first-order valence-electron chi connectivity index (χ1n) is 7.45. The van der Waals surface area contributed by atoms with Crippen LogP contribution in [0.4, 0.5) is 0 Å². The van der Waals surface area contributed by atoms with Crippen molar-refractivity contribution in [2.45, 2.75) is 6.92 Å². The van der Waals surface area contributed by atoms with E-state index in [4.69, 9.17) is 14.7 Å². The third-order valence-corrected chi connectivity index (χ3v) is 5.57. The lowest BCUT2D eigenvalue weighted by molar-refractivity contribution is -0.131. The van der Waals surface area contributed by atoms with Gasteiger partial charge in [-0.2, -0.15) is 0 Å². The van der Waals surface area contributed by atoms with E-state index in [-0.39, 0.29) is 11.3 Å². The van der Waals surface area contributed by atoms with Crippen molar-refractivity contribution in [3.05, 3.63) is 64.8 Å². The van der Waals surface area contributed by atoms with E-state index < -0.39 is 11.9 Å². The van der Waals surface area contributed by atoms with Gasteiger partial charge >= 0.3 is 11.9 Å². The molecule has 8 heteroatoms. The van der Waals surface area contributed by atoms with Gasteiger partial charge in [0.2, 0.25) is 0 Å². The van der Waals surface area contributed by atoms with Crippen LogP contribution < -0.4 is 14.1 Å². The van der Waals surface area contributed by atoms with Crippen molar-refractivity contribution >= 4 is 32.6 Å². The summed E-state index contributed by atoms with van der Waals surface area (Å²) in [5.41, 5.74) is 1.09. The second kappa shape index (κ2) is 7.94. The summed E-state index contributed by atoms with van der Waals surface area (Å²) in [4.78, 5) is 24.5. The first-order valence-corrected chi connectivity index (χ1v) is 9.60. The summed E-state index contributed by atoms with van der Waals surface area (Å²) in [7, 11) is 2.84. The number of hydrogen-bond donors (Lipinski definition) is 1. The fraction of sp³-hybridized carbons (Fsp3) is 0.0556. The average Bonchev–Trinajstić information content (AvgIpc) is 3.11. The smallest absolute Gasteiger partial charge is 0.347 e. The molecule has 0 aliphatic carbocycles. The SMILES string of the molecule is CC(=O)Oc1ccccc1C(=O)Oc1ccc(-c2c/c(=N\O)ss2)cc1. The Morgan fingerprint density at radius 2 is 1.73 bits per heavy atom. The molecule has 2 aromatic carbocycles. The minimum absolute atomic E-state index is 0.155. The Kier molecular flexibility index (Phi) is 5.45. The van der Waals surface area contributed by atoms with Crippen LogP contribution in [0.25, 0.3) is 10.4 Å². The van der Waals surface area contributed by atoms with Gasteiger partial charge in [-0.05, 0) is 48.0 Å². The zero-order valence-corrected chi connectivity index (χ0v) is 15.2. The lowest BCUT2D eigenvalue weighted by Gasteiger charge is -2.09. The Labute approximate surface area is 156 Å². The number of benzene rings is 2. The average molecular weight is 387 g/mol. The largest absolute Gasteiger partial charge is 0.426 e. The Morgan fingerprint density at radius 1 is 1.00 bits per heavy atom. The van der Waals surface area contributed by atoms with E-state index in [0.29, 0.717) is 10.4 Å². The highest BCUT2D eigenvalue weighted by molar-refractivity contribution is 7.69. The minimum atomic E-state index is -0.616. The van der Waals surface area contributed by atoms with Crippen molar-refractivity contribution in [1.82, 2.24) is 0 Å². The summed E-state index contributed by atoms with van der Waals surface area (Å²) in [6, 6.07) is 15.1. The van der Waals surface area contributed by atoms with Crippen molar-refractivity contribution in [3.8, 4) is 21.9 Å². The topological polar surface area (TPSA) is 85.2 Å². The van der Waals surface area contributed by atoms with Crippen molar-refractivity contribution in [2.24, 2.45) is 5.16 Å². The molecule has 1 aromatic heterocycles. The van der Waals surface area contributed by atoms with Crippen LogP contribution in [0.1, 0.15) is 17.3 Å². The molecule has 0 spiro atoms. The van der Waals surface area contributed by atoms with E-state index in [0.717, 1.165) is 10.4 Å². The number of rotatable bonds is 4. The van der Waals surface area contributed by atoms with E-state index in [1.807, 2.05) is 0 Å². The zero-order chi connectivity index (χ0) is 18.5. The number of ether oxygens (including phenoxy) is 2. The molecule has 0 atom stereocenters. The predicted octanol–water partition coefficient (Wildman–Crippen LogP) is 3.91. The molecule has 0 amide bonds. The van der Waals surface area contributed by atoms with Crippen molar-refractivity contribution in [2.75, 3.05) is 0 Å². The van der Waals surface area contributed by atoms with Gasteiger partial charge in [0, 0.05) is 11.8 Å². The summed E-state index contributed by atoms with van der Waals surface area (Å²) in [6.45, 7) is 1.27. The van der Waals surface area contributed by atoms with Crippen LogP contribution in [0.3, 0.4) is 0 Å². The number of nitrogens with zero attached hydrogens (tertiary/aromatic N) is 1. The number of carbonyl (C=O) groups is 2. The maximum Gasteiger partial charge on any atom is 0.347 e. The van der Waals surface area contributed by atoms with Crippen molar-refractivity contribution in [3.63, 3.8) is 0 Å². The van der Waals surface area contributed by atoms with E-state index in [9.17, 15) is 9.59 Å². The molecular formula is C18H13NO5S2. The molecule has 3 rings (SSSR count). The molecule has 132 valence electrons. The summed E-state index contributed by atoms with van der Waals surface area (Å²) in [5, 5.41) is 11.9. The lowest BCUT2D eigenvalue weighted by Crippen LogP contribution is -2.12. The van der Waals surface area contributed by atoms with Gasteiger partial charge in [-0.3, -0.25) is 4.79 Å². The molecule has 0 unspecified atom stereocenters. The van der Waals surface area contributed by atoms with Crippen molar-refractivity contribution < 1.29 is 24.3 Å². The number of carbonyl (C=O) groups excluding carboxylic acids is 2. The first-order chi connectivity index (χ1) is 12.6. The molecule has 0 aliphatic rings. The molecule has 1 heterocycles. The highest BCUT2D eigenvalue weighted by atomic mass is 32.9. The fourth-order valence-corrected chi connectivity index (χ4v) is 4.20. The molecule has 0 saturated carbocycles. The van der Waals surface area contributed by atoms with Gasteiger partial charge in [-0.15, -0.1) is 0 Å². The molecule has 3 aromatic rings. The van der Waals surface area contributed by atoms with E-state index in [1.165, 1.54) is 39.7 Å². The molecular weight excluding hydrogens is 374 g/mol. The van der Waals surface area contributed by atoms with Gasteiger partial charge in [0.15, 0.2) is 4.67 Å². The second-order valence-electron chi connectivity index (χ2n) is 5.12. The van der Waals surface area contributed by atoms with Gasteiger partial charge in [0.05, 0.1) is 0 Å². The van der Waals surface area contributed by atoms with E-state index >= 15 is 0 Å². The van der Waals surface area contributed by atoms with E-state index in [2.05, 4.69) is 5.16 Å². The molecule has 0 saturated heterocycles. The molecule has 0 fully saturated rings. The predicted molar refractivity (Wildman–Crippen MR) is 97.7 cm³/mol. The molecule has 0 radical (unpaired) electrons. The first kappa shape index (κ1) is 17.8. The van der Waals surface area contributed by atoms with Crippen LogP contribution in [0.5, 0.6) is 11.5 Å². The molecule has 6 nitrogen and oxygen atoms in total. The monoisotopic (exact) mass is 387 g/mol. The van der Waals surface area contributed by atoms with Crippen LogP contribution in [0.2, 0.25) is 0 Å². The number of hydrogen-bond acceptors (Lipinski definition) is 8. The normalized spacial score (nSPS) is 11.2. The number of esters is 2. The summed E-state index contributed by atoms with van der Waals surface area (Å²) in [6.07, 6.45) is 0. The second-order valence-corrected chi connectivity index (χ2v) is 7.31. The molecule has 1 N–H and O–H groups in total. The molecule has 26 heavy (non-hydrogen) atoms. The van der Waals surface area contributed by atoms with Crippen molar-refractivity contribution in [1.29, 1.82) is 0 Å². The maximum atomic E-state index is 12.4. The highest BCUT2D eigenvalue weighted by Gasteiger charge is 2.16. The minimum Gasteiger partial charge on any atom is -0.426 e. The Hall–Kier alpha value is -2.97. The Bertz CT molecular complexity index is 1000. The van der Waals surface area contributed by atoms with Gasteiger partial charge in [0.1, 0.15) is 17.1 Å². The highest BCUT2D eigenvalue weighted by Crippen LogP contribution is 2.28. The van der Waals surface area contributed by atoms with E-state index in [1.54, 1.807) is 42.5 Å². The molecule has 0 aliphatic heterocycles. The third-order valence-electron chi connectivity index (χ3n) is 3.28. The van der Waals surface area contributed by atoms with Crippen LogP contribution in [0.15, 0.2) is 59.8 Å². The summed E-state index contributed by atoms with van der Waals surface area (Å²) < 4.78 is 10.9. The lowest BCUT2D eigenvalue weighted by atomic mass is 10.2. The Balaban J connectivity index is 1.77. The van der Waals surface area contributed by atoms with Crippen LogP contribution >= 0.6 is 20.7 Å².